The van der Waals surface area contributed by atoms with Gasteiger partial charge >= 0.3 is 5.97 Å². The number of hydrogen-bond acceptors (Lipinski definition) is 5. The summed E-state index contributed by atoms with van der Waals surface area (Å²) in [5.41, 5.74) is 0. The van der Waals surface area contributed by atoms with Crippen LogP contribution in [0, 0.1) is 0 Å². The van der Waals surface area contributed by atoms with Crippen LogP contribution in [0.3, 0.4) is 0 Å². The number of carbonyl (C=O) groups is 1. The lowest BCUT2D eigenvalue weighted by atomic mass is 10.2. The second-order valence-corrected chi connectivity index (χ2v) is 3.53. The number of cyclic esters (lactones) is 1. The van der Waals surface area contributed by atoms with E-state index in [1.165, 1.54) is 13.8 Å². The largest absolute Gasteiger partial charge is 0.458 e. The van der Waals surface area contributed by atoms with Crippen LogP contribution in [0.2, 0.25) is 0 Å². The van der Waals surface area contributed by atoms with E-state index in [0.717, 1.165) is 0 Å². The zero-order chi connectivity index (χ0) is 10.1. The Balaban J connectivity index is 2.49. The fourth-order valence-electron chi connectivity index (χ4n) is 1.18. The highest BCUT2D eigenvalue weighted by molar-refractivity contribution is 5.76. The van der Waals surface area contributed by atoms with Gasteiger partial charge < -0.3 is 19.7 Å². The third-order valence-corrected chi connectivity index (χ3v) is 1.66. The minimum atomic E-state index is -1.35. The molecule has 0 radical (unpaired) electrons. The van der Waals surface area contributed by atoms with E-state index < -0.39 is 24.0 Å². The molecule has 1 fully saturated rings. The molecule has 0 amide bonds. The van der Waals surface area contributed by atoms with Gasteiger partial charge in [-0.2, -0.15) is 0 Å². The minimum Gasteiger partial charge on any atom is -0.458 e. The highest BCUT2D eigenvalue weighted by Gasteiger charge is 2.37. The van der Waals surface area contributed by atoms with Crippen molar-refractivity contribution in [2.24, 2.45) is 0 Å². The Morgan fingerprint density at radius 2 is 2.31 bits per heavy atom. The van der Waals surface area contributed by atoms with E-state index in [0.29, 0.717) is 6.42 Å². The lowest BCUT2D eigenvalue weighted by molar-refractivity contribution is -0.207. The van der Waals surface area contributed by atoms with Crippen LogP contribution in [0.5, 0.6) is 0 Å². The molecule has 1 aliphatic heterocycles. The summed E-state index contributed by atoms with van der Waals surface area (Å²) in [6, 6.07) is 0. The predicted molar refractivity (Wildman–Crippen MR) is 42.8 cm³/mol. The first kappa shape index (κ1) is 10.4. The molecule has 76 valence electrons. The molecular formula is C8H14O5. The first-order valence-electron chi connectivity index (χ1n) is 4.14. The van der Waals surface area contributed by atoms with E-state index >= 15 is 0 Å². The van der Waals surface area contributed by atoms with Gasteiger partial charge in [0, 0.05) is 6.42 Å². The van der Waals surface area contributed by atoms with Crippen molar-refractivity contribution < 1.29 is 24.5 Å². The van der Waals surface area contributed by atoms with E-state index in [1.54, 1.807) is 0 Å². The number of hydrogen-bond donors (Lipinski definition) is 2. The van der Waals surface area contributed by atoms with Gasteiger partial charge in [0.2, 0.25) is 0 Å². The Kier molecular flexibility index (Phi) is 2.90. The summed E-state index contributed by atoms with van der Waals surface area (Å²) in [4.78, 5) is 11.1. The van der Waals surface area contributed by atoms with E-state index in [-0.39, 0.29) is 6.61 Å². The molecule has 0 saturated carbocycles. The third-order valence-electron chi connectivity index (χ3n) is 1.66. The average Bonchev–Trinajstić information content (AvgIpc) is 2.29. The molecule has 13 heavy (non-hydrogen) atoms. The summed E-state index contributed by atoms with van der Waals surface area (Å²) in [7, 11) is 0. The fraction of sp³-hybridized carbons (Fsp3) is 0.875. The van der Waals surface area contributed by atoms with E-state index in [2.05, 4.69) is 0 Å². The number of aliphatic hydroxyl groups excluding tert-OH is 1. The molecule has 2 atom stereocenters. The van der Waals surface area contributed by atoms with Crippen LogP contribution in [0.1, 0.15) is 20.3 Å². The second kappa shape index (κ2) is 3.61. The molecule has 1 aliphatic rings. The van der Waals surface area contributed by atoms with Crippen LogP contribution in [0.4, 0.5) is 0 Å². The summed E-state index contributed by atoms with van der Waals surface area (Å²) in [6.07, 6.45) is -0.976. The first-order chi connectivity index (χ1) is 5.92. The first-order valence-corrected chi connectivity index (χ1v) is 4.14. The Hall–Kier alpha value is -0.650. The standard InChI is InChI=1S/C8H14O5/c1-8(2,11)13-6-3-5(4-9)12-7(6)10/h5-6,9,11H,3-4H2,1-2H3. The average molecular weight is 190 g/mol. The van der Waals surface area contributed by atoms with Crippen molar-refractivity contribution in [3.63, 3.8) is 0 Å². The number of carbonyl (C=O) groups excluding carboxylic acids is 1. The van der Waals surface area contributed by atoms with Crippen LogP contribution in [0.15, 0.2) is 0 Å². The summed E-state index contributed by atoms with van der Waals surface area (Å²) in [5, 5.41) is 18.0. The molecule has 0 aromatic rings. The highest BCUT2D eigenvalue weighted by Crippen LogP contribution is 2.21. The Labute approximate surface area is 76.3 Å². The van der Waals surface area contributed by atoms with E-state index in [4.69, 9.17) is 14.6 Å². The van der Waals surface area contributed by atoms with Gasteiger partial charge in [0.1, 0.15) is 6.10 Å². The van der Waals surface area contributed by atoms with E-state index in [1.807, 2.05) is 0 Å². The minimum absolute atomic E-state index is 0.211. The lowest BCUT2D eigenvalue weighted by Gasteiger charge is -2.20. The molecule has 2 N–H and O–H groups in total. The van der Waals surface area contributed by atoms with Crippen molar-refractivity contribution in [3.8, 4) is 0 Å². The van der Waals surface area contributed by atoms with E-state index in [9.17, 15) is 9.90 Å². The summed E-state index contributed by atoms with van der Waals surface area (Å²) in [5.74, 6) is -1.88. The highest BCUT2D eigenvalue weighted by atomic mass is 16.7. The molecule has 1 rings (SSSR count). The van der Waals surface area contributed by atoms with Gasteiger partial charge in [-0.1, -0.05) is 0 Å². The third kappa shape index (κ3) is 2.95. The van der Waals surface area contributed by atoms with Gasteiger partial charge in [-0.25, -0.2) is 4.79 Å². The summed E-state index contributed by atoms with van der Waals surface area (Å²) < 4.78 is 9.76. The number of rotatable bonds is 3. The summed E-state index contributed by atoms with van der Waals surface area (Å²) >= 11 is 0. The summed E-state index contributed by atoms with van der Waals surface area (Å²) in [6.45, 7) is 2.66. The second-order valence-electron chi connectivity index (χ2n) is 3.53. The van der Waals surface area contributed by atoms with Crippen LogP contribution in [-0.4, -0.2) is 40.8 Å². The van der Waals surface area contributed by atoms with Crippen LogP contribution < -0.4 is 0 Å². The van der Waals surface area contributed by atoms with Gasteiger partial charge in [-0.3, -0.25) is 0 Å². The molecule has 5 nitrogen and oxygen atoms in total. The quantitative estimate of drug-likeness (QED) is 0.459. The molecule has 0 aromatic carbocycles. The molecule has 1 heterocycles. The lowest BCUT2D eigenvalue weighted by Crippen LogP contribution is -2.32. The molecule has 0 aromatic heterocycles. The van der Waals surface area contributed by atoms with Gasteiger partial charge in [-0.05, 0) is 13.8 Å². The van der Waals surface area contributed by atoms with Gasteiger partial charge in [0.15, 0.2) is 11.9 Å². The topological polar surface area (TPSA) is 76.0 Å². The number of esters is 1. The maximum Gasteiger partial charge on any atom is 0.335 e. The fourth-order valence-corrected chi connectivity index (χ4v) is 1.18. The van der Waals surface area contributed by atoms with Crippen LogP contribution in [-0.2, 0) is 14.3 Å². The number of aliphatic hydroxyl groups is 2. The van der Waals surface area contributed by atoms with Crippen molar-refractivity contribution in [2.45, 2.75) is 38.3 Å². The van der Waals surface area contributed by atoms with Gasteiger partial charge in [0.25, 0.3) is 0 Å². The molecule has 2 unspecified atom stereocenters. The van der Waals surface area contributed by atoms with Crippen molar-refractivity contribution in [2.75, 3.05) is 6.61 Å². The molecular weight excluding hydrogens is 176 g/mol. The zero-order valence-electron chi connectivity index (χ0n) is 7.69. The molecule has 0 spiro atoms. The SMILES string of the molecule is CC(C)(O)OC1CC(CO)OC1=O. The van der Waals surface area contributed by atoms with Crippen LogP contribution in [0.25, 0.3) is 0 Å². The number of ether oxygens (including phenoxy) is 2. The van der Waals surface area contributed by atoms with Gasteiger partial charge in [0.05, 0.1) is 6.61 Å². The van der Waals surface area contributed by atoms with Crippen LogP contribution >= 0.6 is 0 Å². The maximum absolute atomic E-state index is 11.1. The smallest absolute Gasteiger partial charge is 0.335 e. The molecule has 0 bridgehead atoms. The normalized spacial score (nSPS) is 29.1. The molecule has 1 saturated heterocycles. The predicted octanol–water partition coefficient (Wildman–Crippen LogP) is -0.592. The molecule has 5 heteroatoms. The van der Waals surface area contributed by atoms with Crippen molar-refractivity contribution in [3.05, 3.63) is 0 Å². The zero-order valence-corrected chi connectivity index (χ0v) is 7.69. The van der Waals surface area contributed by atoms with Gasteiger partial charge in [-0.15, -0.1) is 0 Å². The van der Waals surface area contributed by atoms with Crippen molar-refractivity contribution in [1.29, 1.82) is 0 Å². The Bertz CT molecular complexity index is 195. The molecule has 0 aliphatic carbocycles. The Morgan fingerprint density at radius 1 is 1.69 bits per heavy atom. The van der Waals surface area contributed by atoms with Crippen molar-refractivity contribution in [1.82, 2.24) is 0 Å². The Morgan fingerprint density at radius 3 is 2.69 bits per heavy atom. The van der Waals surface area contributed by atoms with Crippen molar-refractivity contribution >= 4 is 5.97 Å². The maximum atomic E-state index is 11.1. The monoisotopic (exact) mass is 190 g/mol.